The summed E-state index contributed by atoms with van der Waals surface area (Å²) in [6.07, 6.45) is 9.19. The molecule has 0 aromatic carbocycles. The van der Waals surface area contributed by atoms with E-state index in [9.17, 15) is 15.0 Å². The highest BCUT2D eigenvalue weighted by Gasteiger charge is 2.65. The molecule has 3 unspecified atom stereocenters. The van der Waals surface area contributed by atoms with Gasteiger partial charge in [-0.2, -0.15) is 0 Å². The van der Waals surface area contributed by atoms with E-state index in [0.717, 1.165) is 31.6 Å². The summed E-state index contributed by atoms with van der Waals surface area (Å²) in [4.78, 5) is 11.1. The molecule has 0 spiro atoms. The zero-order valence-corrected chi connectivity index (χ0v) is 21.5. The van der Waals surface area contributed by atoms with Gasteiger partial charge in [0.15, 0.2) is 0 Å². The van der Waals surface area contributed by atoms with Gasteiger partial charge in [-0.25, -0.2) is 0 Å². The minimum atomic E-state index is -0.728. The van der Waals surface area contributed by atoms with Crippen molar-refractivity contribution in [2.45, 2.75) is 118 Å². The quantitative estimate of drug-likeness (QED) is 0.481. The van der Waals surface area contributed by atoms with Gasteiger partial charge in [0.25, 0.3) is 0 Å². The highest BCUT2D eigenvalue weighted by Crippen LogP contribution is 2.68. The van der Waals surface area contributed by atoms with E-state index in [4.69, 9.17) is 5.11 Å². The minimum absolute atomic E-state index is 0.189. The van der Waals surface area contributed by atoms with Crippen LogP contribution >= 0.6 is 0 Å². The zero-order chi connectivity index (χ0) is 23.8. The molecular weight excluding hydrogens is 400 g/mol. The van der Waals surface area contributed by atoms with E-state index in [-0.39, 0.29) is 29.5 Å². The number of hydrogen-bond donors (Lipinski definition) is 3. The lowest BCUT2D eigenvalue weighted by Crippen LogP contribution is -2.62. The molecule has 0 saturated heterocycles. The lowest BCUT2D eigenvalue weighted by Gasteiger charge is -2.63. The molecule has 186 valence electrons. The molecule has 4 nitrogen and oxygen atoms in total. The van der Waals surface area contributed by atoms with Crippen molar-refractivity contribution < 1.29 is 20.1 Å². The molecule has 4 fully saturated rings. The first kappa shape index (κ1) is 26.0. The summed E-state index contributed by atoms with van der Waals surface area (Å²) in [6, 6.07) is 0. The van der Waals surface area contributed by atoms with Crippen LogP contribution in [-0.2, 0) is 4.79 Å². The predicted molar refractivity (Wildman–Crippen MR) is 129 cm³/mol. The van der Waals surface area contributed by atoms with Gasteiger partial charge in [0.05, 0.1) is 12.2 Å². The summed E-state index contributed by atoms with van der Waals surface area (Å²) in [5.41, 5.74) is 0.0664. The lowest BCUT2D eigenvalue weighted by molar-refractivity contribution is -0.203. The van der Waals surface area contributed by atoms with Crippen LogP contribution in [0.15, 0.2) is 0 Å². The summed E-state index contributed by atoms with van der Waals surface area (Å²) >= 11 is 0. The summed E-state index contributed by atoms with van der Waals surface area (Å²) in [5, 5.41) is 32.0. The van der Waals surface area contributed by atoms with E-state index < -0.39 is 5.97 Å². The molecule has 3 N–H and O–H groups in total. The Labute approximate surface area is 196 Å². The monoisotopic (exact) mass is 450 g/mol. The predicted octanol–water partition coefficient (Wildman–Crippen LogP) is 6.14. The molecule has 0 heterocycles. The van der Waals surface area contributed by atoms with Crippen molar-refractivity contribution in [3.8, 4) is 0 Å². The van der Waals surface area contributed by atoms with Crippen molar-refractivity contribution in [1.82, 2.24) is 0 Å². The van der Waals surface area contributed by atoms with Crippen LogP contribution in [0.1, 0.15) is 106 Å². The molecule has 4 rings (SSSR count). The van der Waals surface area contributed by atoms with Crippen LogP contribution in [0.25, 0.3) is 0 Å². The first-order chi connectivity index (χ1) is 15.0. The average Bonchev–Trinajstić information content (AvgIpc) is 3.07. The Hall–Kier alpha value is -0.610. The number of aliphatic carboxylic acids is 1. The van der Waals surface area contributed by atoms with Crippen molar-refractivity contribution in [1.29, 1.82) is 0 Å². The van der Waals surface area contributed by atoms with Gasteiger partial charge in [0, 0.05) is 6.42 Å². The summed E-state index contributed by atoms with van der Waals surface area (Å²) in [7, 11) is 0. The SMILES string of the molecule is CCC.C[C@H]1CC[C@]2(C)C3C[C@H](O)[C@@]4(C)C(CC[C@@H]4[C@H](C)CCC(=O)O)C3[C@H](O)C[C@@H]2C1. The maximum atomic E-state index is 11.5. The second-order valence-electron chi connectivity index (χ2n) is 12.6. The molecule has 0 aromatic heterocycles. The third-order valence-electron chi connectivity index (χ3n) is 10.6. The third-order valence-corrected chi connectivity index (χ3v) is 10.6. The Morgan fingerprint density at radius 2 is 1.69 bits per heavy atom. The molecule has 0 bridgehead atoms. The van der Waals surface area contributed by atoms with Gasteiger partial charge in [-0.05, 0) is 97.2 Å². The fourth-order valence-corrected chi connectivity index (χ4v) is 8.92. The largest absolute Gasteiger partial charge is 0.481 e. The van der Waals surface area contributed by atoms with Crippen molar-refractivity contribution in [2.75, 3.05) is 0 Å². The Balaban J connectivity index is 0.000000913. The van der Waals surface area contributed by atoms with Gasteiger partial charge in [0.2, 0.25) is 0 Å². The van der Waals surface area contributed by atoms with Gasteiger partial charge in [-0.15, -0.1) is 0 Å². The van der Waals surface area contributed by atoms with Crippen LogP contribution in [0.4, 0.5) is 0 Å². The number of rotatable bonds is 4. The number of carboxylic acid groups (broad SMARTS) is 1. The number of fused-ring (bicyclic) bond motifs is 5. The number of carboxylic acids is 1. The molecule has 0 amide bonds. The molecule has 4 heteroatoms. The average molecular weight is 451 g/mol. The van der Waals surface area contributed by atoms with Crippen molar-refractivity contribution in [2.24, 2.45) is 52.3 Å². The van der Waals surface area contributed by atoms with E-state index in [1.54, 1.807) is 0 Å². The van der Waals surface area contributed by atoms with Gasteiger partial charge in [-0.1, -0.05) is 54.4 Å². The maximum Gasteiger partial charge on any atom is 0.303 e. The van der Waals surface area contributed by atoms with Crippen LogP contribution in [-0.4, -0.2) is 33.5 Å². The second-order valence-corrected chi connectivity index (χ2v) is 12.6. The lowest BCUT2D eigenvalue weighted by atomic mass is 9.42. The summed E-state index contributed by atoms with van der Waals surface area (Å²) in [6.45, 7) is 13.5. The van der Waals surface area contributed by atoms with Crippen LogP contribution in [0.3, 0.4) is 0 Å². The molecule has 0 aliphatic heterocycles. The third kappa shape index (κ3) is 4.40. The Morgan fingerprint density at radius 1 is 1.03 bits per heavy atom. The van der Waals surface area contributed by atoms with Crippen molar-refractivity contribution in [3.05, 3.63) is 0 Å². The van der Waals surface area contributed by atoms with E-state index in [1.807, 2.05) is 0 Å². The second kappa shape index (κ2) is 9.94. The Kier molecular flexibility index (Phi) is 8.08. The Morgan fingerprint density at radius 3 is 2.31 bits per heavy atom. The number of aliphatic hydroxyl groups excluding tert-OH is 2. The van der Waals surface area contributed by atoms with Crippen molar-refractivity contribution in [3.63, 3.8) is 0 Å². The van der Waals surface area contributed by atoms with E-state index in [1.165, 1.54) is 25.7 Å². The van der Waals surface area contributed by atoms with Crippen LogP contribution < -0.4 is 0 Å². The Bertz CT molecular complexity index is 649. The summed E-state index contributed by atoms with van der Waals surface area (Å²) < 4.78 is 0. The number of aliphatic hydroxyl groups is 2. The number of hydrogen-bond acceptors (Lipinski definition) is 3. The highest BCUT2D eigenvalue weighted by molar-refractivity contribution is 5.66. The van der Waals surface area contributed by atoms with E-state index in [0.29, 0.717) is 41.9 Å². The molecule has 4 aliphatic carbocycles. The standard InChI is InChI=1S/C25H42O4.C3H8/c1-14-9-10-24(3)16(11-14)12-20(26)23-18-7-6-17(15(2)5-8-22(28)29)25(18,4)21(27)13-19(23)24;1-3-2/h14-21,23,26-27H,5-13H2,1-4H3,(H,28,29);3H2,1-2H3/t14-,15+,16-,17+,18?,19?,20+,21-,23?,24-,25+;/m0./s1. The van der Waals surface area contributed by atoms with Crippen LogP contribution in [0.5, 0.6) is 0 Å². The van der Waals surface area contributed by atoms with Gasteiger partial charge < -0.3 is 15.3 Å². The topological polar surface area (TPSA) is 77.8 Å². The molecule has 11 atom stereocenters. The van der Waals surface area contributed by atoms with Crippen molar-refractivity contribution >= 4 is 5.97 Å². The molecule has 0 aromatic rings. The minimum Gasteiger partial charge on any atom is -0.481 e. The summed E-state index contributed by atoms with van der Waals surface area (Å²) in [5.74, 6) is 2.35. The van der Waals surface area contributed by atoms with Crippen LogP contribution in [0.2, 0.25) is 0 Å². The molecule has 0 radical (unpaired) electrons. The fourth-order valence-electron chi connectivity index (χ4n) is 8.92. The highest BCUT2D eigenvalue weighted by atomic mass is 16.4. The van der Waals surface area contributed by atoms with Gasteiger partial charge >= 0.3 is 5.97 Å². The first-order valence-electron chi connectivity index (χ1n) is 13.6. The van der Waals surface area contributed by atoms with E-state index >= 15 is 0 Å². The zero-order valence-electron chi connectivity index (χ0n) is 21.5. The molecule has 32 heavy (non-hydrogen) atoms. The molecule has 4 aliphatic rings. The normalized spacial score (nSPS) is 48.5. The smallest absolute Gasteiger partial charge is 0.303 e. The fraction of sp³-hybridized carbons (Fsp3) is 0.964. The van der Waals surface area contributed by atoms with Crippen LogP contribution in [0, 0.1) is 52.3 Å². The number of carbonyl (C=O) groups is 1. The van der Waals surface area contributed by atoms with E-state index in [2.05, 4.69) is 41.5 Å². The van der Waals surface area contributed by atoms with Gasteiger partial charge in [-0.3, -0.25) is 4.79 Å². The maximum absolute atomic E-state index is 11.5. The first-order valence-corrected chi connectivity index (χ1v) is 13.6. The molecule has 4 saturated carbocycles. The molecular formula is C28H50O4. The van der Waals surface area contributed by atoms with Gasteiger partial charge in [0.1, 0.15) is 0 Å².